The Balaban J connectivity index is 2.34. The van der Waals surface area contributed by atoms with E-state index in [1.54, 1.807) is 3.57 Å². The molecule has 0 amide bonds. The molecule has 0 bridgehead atoms. The molecular formula is C18H22I+. The predicted molar refractivity (Wildman–Crippen MR) is 78.5 cm³/mol. The Morgan fingerprint density at radius 3 is 1.68 bits per heavy atom. The molecule has 0 fully saturated rings. The second-order valence-corrected chi connectivity index (χ2v) is 8.55. The van der Waals surface area contributed by atoms with Crippen molar-refractivity contribution < 1.29 is 21.2 Å². The Labute approximate surface area is 127 Å². The highest BCUT2D eigenvalue weighted by Gasteiger charge is 2.18. The largest absolute Gasteiger partial charge is 0.357 e. The Bertz CT molecular complexity index is 500. The van der Waals surface area contributed by atoms with Gasteiger partial charge < -0.3 is 0 Å². The molecule has 0 radical (unpaired) electrons. The summed E-state index contributed by atoms with van der Waals surface area (Å²) in [6, 6.07) is 18.1. The SMILES string of the molecule is CC(C)c1cc([I+]c2ccccc2)cc(C(C)C)c1. The van der Waals surface area contributed by atoms with Crippen LogP contribution in [0.3, 0.4) is 0 Å². The first-order valence-corrected chi connectivity index (χ1v) is 9.06. The fourth-order valence-electron chi connectivity index (χ4n) is 1.96. The molecular weight excluding hydrogens is 343 g/mol. The summed E-state index contributed by atoms with van der Waals surface area (Å²) in [5, 5.41) is 0. The summed E-state index contributed by atoms with van der Waals surface area (Å²) in [7, 11) is 0. The van der Waals surface area contributed by atoms with Crippen molar-refractivity contribution >= 4 is 0 Å². The summed E-state index contributed by atoms with van der Waals surface area (Å²) in [6.45, 7) is 9.13. The summed E-state index contributed by atoms with van der Waals surface area (Å²) < 4.78 is 3.04. The van der Waals surface area contributed by atoms with Gasteiger partial charge in [-0.05, 0) is 47.2 Å². The monoisotopic (exact) mass is 365 g/mol. The molecule has 0 aliphatic carbocycles. The van der Waals surface area contributed by atoms with Crippen molar-refractivity contribution in [1.82, 2.24) is 0 Å². The lowest BCUT2D eigenvalue weighted by Crippen LogP contribution is -3.61. The molecule has 100 valence electrons. The highest BCUT2D eigenvalue weighted by Crippen LogP contribution is 2.20. The third kappa shape index (κ3) is 4.07. The molecule has 0 aliphatic rings. The van der Waals surface area contributed by atoms with Gasteiger partial charge in [-0.25, -0.2) is 0 Å². The normalized spacial score (nSPS) is 11.3. The van der Waals surface area contributed by atoms with Gasteiger partial charge >= 0.3 is 21.2 Å². The molecule has 2 aromatic carbocycles. The highest BCUT2D eigenvalue weighted by atomic mass is 127. The number of hydrogen-bond donors (Lipinski definition) is 0. The van der Waals surface area contributed by atoms with Gasteiger partial charge in [0.25, 0.3) is 0 Å². The van der Waals surface area contributed by atoms with Crippen LogP contribution in [0.1, 0.15) is 50.7 Å². The van der Waals surface area contributed by atoms with Crippen LogP contribution in [0.2, 0.25) is 0 Å². The minimum absolute atomic E-state index is 0.0560. The number of halogens is 1. The summed E-state index contributed by atoms with van der Waals surface area (Å²) in [4.78, 5) is 0. The average molecular weight is 365 g/mol. The van der Waals surface area contributed by atoms with Crippen LogP contribution in [0.25, 0.3) is 0 Å². The maximum Gasteiger partial charge on any atom is 0.357 e. The third-order valence-electron chi connectivity index (χ3n) is 3.23. The van der Waals surface area contributed by atoms with E-state index >= 15 is 0 Å². The van der Waals surface area contributed by atoms with Crippen LogP contribution in [0.15, 0.2) is 48.5 Å². The minimum Gasteiger partial charge on any atom is -0.0619 e. The van der Waals surface area contributed by atoms with Crippen molar-refractivity contribution in [3.05, 3.63) is 66.8 Å². The van der Waals surface area contributed by atoms with Crippen LogP contribution in [0.4, 0.5) is 0 Å². The van der Waals surface area contributed by atoms with Crippen molar-refractivity contribution in [1.29, 1.82) is 0 Å². The van der Waals surface area contributed by atoms with Crippen LogP contribution < -0.4 is 21.2 Å². The van der Waals surface area contributed by atoms with Crippen molar-refractivity contribution in [2.45, 2.75) is 39.5 Å². The van der Waals surface area contributed by atoms with Crippen LogP contribution in [0.5, 0.6) is 0 Å². The van der Waals surface area contributed by atoms with Gasteiger partial charge in [0.15, 0.2) is 7.14 Å². The zero-order chi connectivity index (χ0) is 13.8. The Morgan fingerprint density at radius 1 is 0.684 bits per heavy atom. The van der Waals surface area contributed by atoms with Gasteiger partial charge in [-0.2, -0.15) is 0 Å². The molecule has 0 atom stereocenters. The van der Waals surface area contributed by atoms with E-state index in [0.29, 0.717) is 11.8 Å². The lowest BCUT2D eigenvalue weighted by Gasteiger charge is -2.10. The molecule has 0 nitrogen and oxygen atoms in total. The van der Waals surface area contributed by atoms with E-state index in [1.807, 2.05) is 0 Å². The summed E-state index contributed by atoms with van der Waals surface area (Å²) in [5.41, 5.74) is 2.97. The number of hydrogen-bond acceptors (Lipinski definition) is 0. The van der Waals surface area contributed by atoms with E-state index in [9.17, 15) is 0 Å². The lowest BCUT2D eigenvalue weighted by atomic mass is 9.96. The molecule has 0 N–H and O–H groups in total. The van der Waals surface area contributed by atoms with Crippen molar-refractivity contribution in [2.75, 3.05) is 0 Å². The van der Waals surface area contributed by atoms with Crippen molar-refractivity contribution in [3.63, 3.8) is 0 Å². The number of benzene rings is 2. The van der Waals surface area contributed by atoms with Gasteiger partial charge in [-0.3, -0.25) is 0 Å². The van der Waals surface area contributed by atoms with Gasteiger partial charge in [0.2, 0.25) is 0 Å². The fourth-order valence-corrected chi connectivity index (χ4v) is 4.49. The zero-order valence-electron chi connectivity index (χ0n) is 12.2. The molecule has 2 aromatic rings. The van der Waals surface area contributed by atoms with Crippen molar-refractivity contribution in [3.8, 4) is 0 Å². The topological polar surface area (TPSA) is 0 Å². The first kappa shape index (κ1) is 14.6. The minimum atomic E-state index is -0.0560. The standard InChI is InChI=1S/C18H22I/c1-13(2)15-10-16(14(3)4)12-18(11-15)19-17-8-6-5-7-9-17/h5-14H,1-4H3/q+1. The van der Waals surface area contributed by atoms with Gasteiger partial charge in [0, 0.05) is 0 Å². The lowest BCUT2D eigenvalue weighted by molar-refractivity contribution is -0.597. The summed E-state index contributed by atoms with van der Waals surface area (Å²) >= 11 is -0.0560. The van der Waals surface area contributed by atoms with E-state index in [4.69, 9.17) is 0 Å². The zero-order valence-corrected chi connectivity index (χ0v) is 14.3. The fraction of sp³-hybridized carbons (Fsp3) is 0.333. The molecule has 2 rings (SSSR count). The summed E-state index contributed by atoms with van der Waals surface area (Å²) in [5.74, 6) is 1.22. The van der Waals surface area contributed by atoms with E-state index < -0.39 is 0 Å². The maximum atomic E-state index is 2.41. The maximum absolute atomic E-state index is 2.41. The van der Waals surface area contributed by atoms with Crippen LogP contribution >= 0.6 is 0 Å². The van der Waals surface area contributed by atoms with E-state index in [-0.39, 0.29) is 21.2 Å². The Kier molecular flexibility index (Phi) is 5.03. The average Bonchev–Trinajstić information content (AvgIpc) is 2.39. The molecule has 1 heteroatoms. The van der Waals surface area contributed by atoms with Gasteiger partial charge in [-0.1, -0.05) is 52.0 Å². The second-order valence-electron chi connectivity index (χ2n) is 5.52. The molecule has 0 saturated carbocycles. The van der Waals surface area contributed by atoms with E-state index in [0.717, 1.165) is 0 Å². The van der Waals surface area contributed by atoms with Crippen LogP contribution in [-0.2, 0) is 0 Å². The molecule has 0 saturated heterocycles. The first-order chi connectivity index (χ1) is 9.06. The molecule has 0 spiro atoms. The smallest absolute Gasteiger partial charge is 0.0619 e. The van der Waals surface area contributed by atoms with Gasteiger partial charge in [0.05, 0.1) is 0 Å². The second kappa shape index (κ2) is 6.56. The molecule has 0 aromatic heterocycles. The van der Waals surface area contributed by atoms with E-state index in [2.05, 4.69) is 76.2 Å². The quantitative estimate of drug-likeness (QED) is 0.728. The molecule has 0 heterocycles. The van der Waals surface area contributed by atoms with Crippen LogP contribution in [-0.4, -0.2) is 0 Å². The van der Waals surface area contributed by atoms with Gasteiger partial charge in [0.1, 0.15) is 0 Å². The highest BCUT2D eigenvalue weighted by molar-refractivity contribution is 5.27. The van der Waals surface area contributed by atoms with Gasteiger partial charge in [-0.15, -0.1) is 0 Å². The molecule has 19 heavy (non-hydrogen) atoms. The Morgan fingerprint density at radius 2 is 1.21 bits per heavy atom. The molecule has 0 unspecified atom stereocenters. The van der Waals surface area contributed by atoms with E-state index in [1.165, 1.54) is 14.7 Å². The third-order valence-corrected chi connectivity index (χ3v) is 5.81. The van der Waals surface area contributed by atoms with Crippen LogP contribution in [0, 0.1) is 7.14 Å². The summed E-state index contributed by atoms with van der Waals surface area (Å²) in [6.07, 6.45) is 0. The first-order valence-electron chi connectivity index (χ1n) is 6.91. The predicted octanol–water partition coefficient (Wildman–Crippen LogP) is 2.06. The molecule has 0 aliphatic heterocycles. The Hall–Kier alpha value is -0.830. The number of rotatable bonds is 4. The van der Waals surface area contributed by atoms with Crippen molar-refractivity contribution in [2.24, 2.45) is 0 Å².